The van der Waals surface area contributed by atoms with Crippen molar-refractivity contribution in [1.29, 1.82) is 0 Å². The van der Waals surface area contributed by atoms with Crippen molar-refractivity contribution in [3.05, 3.63) is 508 Å². The first-order valence-electron chi connectivity index (χ1n) is 45.4. The van der Waals surface area contributed by atoms with Crippen molar-refractivity contribution in [2.45, 2.75) is 27.7 Å². The van der Waals surface area contributed by atoms with Crippen LogP contribution in [0.5, 0.6) is 0 Å². The second-order valence-corrected chi connectivity index (χ2v) is 34.3. The van der Waals surface area contributed by atoms with Crippen LogP contribution in [-0.2, 0) is 0 Å². The number of hydrogen-bond donors (Lipinski definition) is 0. The Morgan fingerprint density at radius 3 is 0.470 bits per heavy atom. The van der Waals surface area contributed by atoms with Gasteiger partial charge in [0, 0.05) is 134 Å². The zero-order chi connectivity index (χ0) is 88.3. The van der Waals surface area contributed by atoms with Crippen LogP contribution in [0.1, 0.15) is 22.3 Å². The molecule has 0 spiro atoms. The molecule has 8 nitrogen and oxygen atoms in total. The molecule has 0 radical (unpaired) electrons. The lowest BCUT2D eigenvalue weighted by Gasteiger charge is -2.26. The number of para-hydroxylation sites is 8. The summed E-state index contributed by atoms with van der Waals surface area (Å²) in [5.74, 6) is 0. The minimum absolute atomic E-state index is 1.10. The summed E-state index contributed by atoms with van der Waals surface area (Å²) >= 11 is 0. The molecule has 0 aliphatic rings. The zero-order valence-corrected chi connectivity index (χ0v) is 73.8. The Morgan fingerprint density at radius 1 is 0.129 bits per heavy atom. The van der Waals surface area contributed by atoms with Crippen molar-refractivity contribution in [3.63, 3.8) is 0 Å². The van der Waals surface area contributed by atoms with Crippen molar-refractivity contribution in [2.24, 2.45) is 0 Å². The molecule has 0 aliphatic carbocycles. The summed E-state index contributed by atoms with van der Waals surface area (Å²) in [5, 5.41) is 9.89. The Bertz CT molecular complexity index is 7690. The van der Waals surface area contributed by atoms with Crippen molar-refractivity contribution < 1.29 is 0 Å². The predicted octanol–water partition coefficient (Wildman–Crippen LogP) is 34.2. The van der Waals surface area contributed by atoms with Crippen LogP contribution in [0.4, 0.5) is 68.2 Å². The van der Waals surface area contributed by atoms with Crippen molar-refractivity contribution in [2.75, 3.05) is 19.6 Å². The molecule has 0 fully saturated rings. The van der Waals surface area contributed by atoms with E-state index in [0.29, 0.717) is 0 Å². The molecule has 628 valence electrons. The molecule has 0 saturated heterocycles. The number of hydrogen-bond acceptors (Lipinski definition) is 4. The molecule has 24 aromatic rings. The highest BCUT2D eigenvalue weighted by molar-refractivity contribution is 6.24. The van der Waals surface area contributed by atoms with E-state index in [1.54, 1.807) is 0 Å². The molecule has 0 amide bonds. The second kappa shape index (κ2) is 33.9. The van der Waals surface area contributed by atoms with Crippen molar-refractivity contribution >= 4 is 155 Å². The van der Waals surface area contributed by atoms with E-state index in [-0.39, 0.29) is 0 Å². The number of fused-ring (bicyclic) bond motifs is 12. The molecule has 4 heterocycles. The third-order valence-corrected chi connectivity index (χ3v) is 26.1. The van der Waals surface area contributed by atoms with Crippen LogP contribution in [-0.4, -0.2) is 18.3 Å². The van der Waals surface area contributed by atoms with Gasteiger partial charge in [-0.05, 0) is 293 Å². The minimum atomic E-state index is 1.10. The summed E-state index contributed by atoms with van der Waals surface area (Å²) in [5.41, 5.74) is 37.1. The molecule has 132 heavy (non-hydrogen) atoms. The lowest BCUT2D eigenvalue weighted by atomic mass is 9.95. The normalized spacial score (nSPS) is 11.5. The van der Waals surface area contributed by atoms with Crippen molar-refractivity contribution in [1.82, 2.24) is 18.3 Å². The third-order valence-electron chi connectivity index (χ3n) is 26.1. The molecule has 20 aromatic carbocycles. The van der Waals surface area contributed by atoms with Crippen LogP contribution >= 0.6 is 0 Å². The standard InChI is InChI=1S/C64H50N4.C60H42N4/c1-43-19-27-47(28-20-43)65(48-29-21-44(2)22-30-48)51-35-39-53(40-36-51)67-59-15-7-5-11-57(59)63-55(13-9-17-61(63)67)56-14-10-18-62-64(56)58-12-6-8-16-60(58)68(62)54-41-37-52(38-42-54)66(49-31-23-45(3)24-32-49)50-33-25-46(4)26-34-50;1-5-19-43(20-6-1)61(44-21-7-2-8-22-44)47-35-39-49(40-36-47)63-55-31-15-13-27-53(55)59-51(29-17-33-57(59)63)52-30-18-34-58-60(52)54-28-14-16-32-56(54)64(58)50-41-37-48(38-42-50)62(45-23-9-3-10-24-45)46-25-11-4-12-26-46/h5-42H,1-4H3;1-42H. The number of aromatic nitrogens is 4. The molecule has 24 rings (SSSR count). The van der Waals surface area contributed by atoms with Crippen LogP contribution in [0.2, 0.25) is 0 Å². The first-order chi connectivity index (χ1) is 65.2. The molecular weight excluding hydrogens is 1600 g/mol. The Labute approximate surface area is 768 Å². The topological polar surface area (TPSA) is 32.7 Å². The number of benzene rings is 20. The summed E-state index contributed by atoms with van der Waals surface area (Å²) < 4.78 is 9.71. The maximum Gasteiger partial charge on any atom is 0.0547 e. The maximum absolute atomic E-state index is 2.43. The first kappa shape index (κ1) is 79.4. The van der Waals surface area contributed by atoms with Crippen molar-refractivity contribution in [3.8, 4) is 45.0 Å². The Kier molecular flexibility index (Phi) is 20.4. The molecule has 0 N–H and O–H groups in total. The van der Waals surface area contributed by atoms with E-state index in [2.05, 4.69) is 551 Å². The Morgan fingerprint density at radius 2 is 0.280 bits per heavy atom. The molecule has 0 unspecified atom stereocenters. The molecule has 0 atom stereocenters. The SMILES string of the molecule is Cc1ccc(N(c2ccc(C)cc2)c2ccc(-n3c4ccccc4c4c(-c5cccc6c5c5ccccc5n6-c5ccc(N(c6ccc(C)cc6)c6ccc(C)cc6)cc5)cccc43)cc2)cc1.c1ccc(N(c2ccccc2)c2ccc(-n3c4ccccc4c4c(-c5cccc6c5c5ccccc5n6-c5ccc(N(c6ccccc6)c6ccccc6)cc5)cccc43)cc2)cc1. The van der Waals surface area contributed by atoms with Crippen LogP contribution < -0.4 is 19.6 Å². The fourth-order valence-corrected chi connectivity index (χ4v) is 20.0. The largest absolute Gasteiger partial charge is 0.311 e. The van der Waals surface area contributed by atoms with E-state index in [9.17, 15) is 0 Å². The molecular formula is C124H92N8. The average Bonchev–Trinajstić information content (AvgIpc) is 1.56. The zero-order valence-electron chi connectivity index (χ0n) is 73.8. The van der Waals surface area contributed by atoms with Gasteiger partial charge in [0.1, 0.15) is 0 Å². The van der Waals surface area contributed by atoms with Gasteiger partial charge in [-0.2, -0.15) is 0 Å². The molecule has 8 heteroatoms. The third kappa shape index (κ3) is 14.2. The van der Waals surface area contributed by atoms with E-state index < -0.39 is 0 Å². The molecule has 0 aliphatic heterocycles. The van der Waals surface area contributed by atoms with Gasteiger partial charge in [-0.1, -0.05) is 265 Å². The van der Waals surface area contributed by atoms with Gasteiger partial charge in [-0.15, -0.1) is 0 Å². The highest BCUT2D eigenvalue weighted by Crippen LogP contribution is 2.50. The fourth-order valence-electron chi connectivity index (χ4n) is 20.0. The van der Waals surface area contributed by atoms with Gasteiger partial charge in [0.2, 0.25) is 0 Å². The highest BCUT2D eigenvalue weighted by Gasteiger charge is 2.27. The lowest BCUT2D eigenvalue weighted by molar-refractivity contribution is 1.17. The second-order valence-electron chi connectivity index (χ2n) is 34.3. The quantitative estimate of drug-likeness (QED) is 0.0857. The van der Waals surface area contributed by atoms with Gasteiger partial charge < -0.3 is 37.9 Å². The number of rotatable bonds is 18. The summed E-state index contributed by atoms with van der Waals surface area (Å²) in [7, 11) is 0. The van der Waals surface area contributed by atoms with E-state index in [1.165, 1.54) is 132 Å². The maximum atomic E-state index is 2.43. The summed E-state index contributed by atoms with van der Waals surface area (Å²) in [4.78, 5) is 9.29. The minimum Gasteiger partial charge on any atom is -0.311 e. The summed E-state index contributed by atoms with van der Waals surface area (Å²) in [6.07, 6.45) is 0. The monoisotopic (exact) mass is 1690 g/mol. The molecule has 0 saturated carbocycles. The van der Waals surface area contributed by atoms with E-state index >= 15 is 0 Å². The summed E-state index contributed by atoms with van der Waals surface area (Å²) in [6, 6.07) is 176. The van der Waals surface area contributed by atoms with E-state index in [1.807, 2.05) is 0 Å². The number of nitrogens with zero attached hydrogens (tertiary/aromatic N) is 8. The smallest absolute Gasteiger partial charge is 0.0547 e. The average molecular weight is 1690 g/mol. The number of anilines is 12. The Balaban J connectivity index is 0.000000150. The van der Waals surface area contributed by atoms with Crippen LogP contribution in [0, 0.1) is 27.7 Å². The van der Waals surface area contributed by atoms with Crippen LogP contribution in [0.15, 0.2) is 485 Å². The lowest BCUT2D eigenvalue weighted by Crippen LogP contribution is -2.10. The van der Waals surface area contributed by atoms with Gasteiger partial charge in [0.15, 0.2) is 0 Å². The van der Waals surface area contributed by atoms with Gasteiger partial charge >= 0.3 is 0 Å². The van der Waals surface area contributed by atoms with E-state index in [4.69, 9.17) is 0 Å². The first-order valence-corrected chi connectivity index (χ1v) is 45.4. The number of aryl methyl sites for hydroxylation is 4. The van der Waals surface area contributed by atoms with Gasteiger partial charge in [0.25, 0.3) is 0 Å². The molecule has 4 aromatic heterocycles. The van der Waals surface area contributed by atoms with Gasteiger partial charge in [-0.3, -0.25) is 0 Å². The fraction of sp³-hybridized carbons (Fsp3) is 0.0323. The van der Waals surface area contributed by atoms with E-state index in [0.717, 1.165) is 91.0 Å². The molecule has 0 bridgehead atoms. The van der Waals surface area contributed by atoms with Gasteiger partial charge in [-0.25, -0.2) is 0 Å². The van der Waals surface area contributed by atoms with Crippen LogP contribution in [0.3, 0.4) is 0 Å². The predicted molar refractivity (Wildman–Crippen MR) is 559 cm³/mol. The van der Waals surface area contributed by atoms with Crippen LogP contribution in [0.25, 0.3) is 132 Å². The Hall–Kier alpha value is -17.2. The summed E-state index contributed by atoms with van der Waals surface area (Å²) in [6.45, 7) is 8.55. The van der Waals surface area contributed by atoms with Gasteiger partial charge in [0.05, 0.1) is 44.1 Å². The highest BCUT2D eigenvalue weighted by atomic mass is 15.2.